The molecule has 0 saturated heterocycles. The Morgan fingerprint density at radius 2 is 0.576 bits per heavy atom. The summed E-state index contributed by atoms with van der Waals surface area (Å²) in [4.78, 5) is 192. The number of unbranched alkanes of at least 4 members (excludes halogenated alkanes) is 7. The van der Waals surface area contributed by atoms with Crippen LogP contribution in [-0.4, -0.2) is 249 Å². The Balaban J connectivity index is 1.26. The van der Waals surface area contributed by atoms with E-state index < -0.39 is 157 Å². The average Bonchev–Trinajstić information content (AvgIpc) is 1.18. The third-order valence-corrected chi connectivity index (χ3v) is 21.9. The predicted molar refractivity (Wildman–Crippen MR) is 494 cm³/mol. The number of hydrogen-bond acceptors (Lipinski definition) is 27. The number of H-pyrrole nitrogens is 1. The van der Waals surface area contributed by atoms with E-state index in [0.29, 0.717) is 86.6 Å². The van der Waals surface area contributed by atoms with Gasteiger partial charge in [-0.3, -0.25) is 62.3 Å². The van der Waals surface area contributed by atoms with Gasteiger partial charge in [0.2, 0.25) is 65.0 Å². The Hall–Kier alpha value is -12.5. The molecular formula is C89H131B2N21O20. The van der Waals surface area contributed by atoms with Crippen molar-refractivity contribution in [3.05, 3.63) is 167 Å². The van der Waals surface area contributed by atoms with Crippen LogP contribution in [0.15, 0.2) is 134 Å². The van der Waals surface area contributed by atoms with E-state index in [1.807, 2.05) is 0 Å². The summed E-state index contributed by atoms with van der Waals surface area (Å²) in [6.07, 6.45) is 6.28. The van der Waals surface area contributed by atoms with Crippen molar-refractivity contribution in [3.8, 4) is 17.2 Å². The van der Waals surface area contributed by atoms with Gasteiger partial charge in [-0.25, -0.2) is 4.98 Å². The number of primary amides is 1. The predicted octanol–water partition coefficient (Wildman–Crippen LogP) is -4.34. The molecule has 0 fully saturated rings. The molecule has 718 valence electrons. The number of amides is 13. The molecule has 0 unspecified atom stereocenters. The smallest absolute Gasteiger partial charge is 0.488 e. The van der Waals surface area contributed by atoms with Crippen molar-refractivity contribution >= 4 is 102 Å². The first-order valence-corrected chi connectivity index (χ1v) is 44.7. The first kappa shape index (κ1) is 108. The Morgan fingerprint density at radius 1 is 0.311 bits per heavy atom. The number of rotatable bonds is 63. The quantitative estimate of drug-likeness (QED) is 0.0127. The van der Waals surface area contributed by atoms with Gasteiger partial charge >= 0.3 is 14.2 Å². The molecule has 11 atom stereocenters. The number of nitrogens with two attached hydrogens (primary N) is 7. The van der Waals surface area contributed by atoms with Gasteiger partial charge in [-0.05, 0) is 249 Å². The zero-order valence-corrected chi connectivity index (χ0v) is 74.3. The molecule has 132 heavy (non-hydrogen) atoms. The van der Waals surface area contributed by atoms with Gasteiger partial charge in [0.05, 0.1) is 18.4 Å². The van der Waals surface area contributed by atoms with Crippen LogP contribution in [0.25, 0.3) is 0 Å². The molecule has 0 aliphatic rings. The third-order valence-electron chi connectivity index (χ3n) is 21.9. The fourth-order valence-electron chi connectivity index (χ4n) is 14.1. The van der Waals surface area contributed by atoms with Gasteiger partial charge in [0, 0.05) is 68.3 Å². The van der Waals surface area contributed by atoms with E-state index in [4.69, 9.17) is 40.1 Å². The lowest BCUT2D eigenvalue weighted by Crippen LogP contribution is -2.60. The second kappa shape index (κ2) is 59.1. The van der Waals surface area contributed by atoms with Crippen LogP contribution < -0.4 is 115 Å². The number of nitrogens with one attached hydrogen (secondary N) is 13. The van der Waals surface area contributed by atoms with Crippen molar-refractivity contribution in [2.75, 3.05) is 45.8 Å². The number of phenols is 3. The van der Waals surface area contributed by atoms with Gasteiger partial charge in [-0.15, -0.1) is 0 Å². The average molecular weight is 1840 g/mol. The van der Waals surface area contributed by atoms with Crippen LogP contribution in [0.4, 0.5) is 0 Å². The first-order chi connectivity index (χ1) is 63.3. The molecule has 13 amide bonds. The van der Waals surface area contributed by atoms with Crippen molar-refractivity contribution in [1.29, 1.82) is 0 Å². The third kappa shape index (κ3) is 39.7. The Labute approximate surface area is 767 Å². The van der Waals surface area contributed by atoms with E-state index >= 15 is 14.4 Å². The minimum Gasteiger partial charge on any atom is -0.508 e. The van der Waals surface area contributed by atoms with E-state index in [1.54, 1.807) is 24.3 Å². The summed E-state index contributed by atoms with van der Waals surface area (Å²) in [5.41, 5.74) is 45.0. The van der Waals surface area contributed by atoms with E-state index in [1.165, 1.54) is 110 Å². The lowest BCUT2D eigenvalue weighted by atomic mass is 9.80. The van der Waals surface area contributed by atoms with Gasteiger partial charge in [-0.1, -0.05) is 60.7 Å². The highest BCUT2D eigenvalue weighted by Gasteiger charge is 2.37. The largest absolute Gasteiger partial charge is 0.508 e. The van der Waals surface area contributed by atoms with Crippen molar-refractivity contribution < 1.29 is 97.7 Å². The summed E-state index contributed by atoms with van der Waals surface area (Å²) in [6.45, 7) is 1.09. The number of carbonyl (C=O) groups is 13. The zero-order valence-electron chi connectivity index (χ0n) is 74.3. The van der Waals surface area contributed by atoms with Crippen LogP contribution in [-0.2, 0) is 78.4 Å². The summed E-state index contributed by atoms with van der Waals surface area (Å²) in [7, 11) is -3.43. The normalized spacial score (nSPS) is 13.6. The monoisotopic (exact) mass is 1840 g/mol. The summed E-state index contributed by atoms with van der Waals surface area (Å²) in [6, 6.07) is 13.9. The topological polar surface area (TPSA) is 719 Å². The van der Waals surface area contributed by atoms with Crippen LogP contribution in [0.1, 0.15) is 178 Å². The summed E-state index contributed by atoms with van der Waals surface area (Å²) >= 11 is 0. The Kier molecular flexibility index (Phi) is 48.5. The molecular weight excluding hydrogens is 1700 g/mol. The number of aromatic hydroxyl groups is 3. The van der Waals surface area contributed by atoms with Crippen molar-refractivity contribution in [1.82, 2.24) is 73.8 Å². The van der Waals surface area contributed by atoms with Gasteiger partial charge in [0.1, 0.15) is 71.6 Å². The van der Waals surface area contributed by atoms with Gasteiger partial charge in [0.25, 0.3) is 11.8 Å². The Morgan fingerprint density at radius 3 is 0.879 bits per heavy atom. The maximum atomic E-state index is 15.4. The number of nitrogens with zero attached hydrogens (tertiary/aromatic N) is 1. The highest BCUT2D eigenvalue weighted by Crippen LogP contribution is 2.19. The SMILES string of the molecule is NCCCC[C@H](NC(=O)[C@H](Cc1ccc(O)cc1)NC(=O)[C@@H](N)CCCCNC(=O)c1ccc(B(O)O)cc1)C(=O)NCCCC[C@H](NC(=O)[C@H](CCCCN)NC(=O)[C@H](Cc1ccc(O)cc1)NC(=O)[C@@H](N)CCCCNC(=O)c1ccc(B(O)O)cc1)C(=O)N[C@@H](Cc1cnc[nH]1)C(=O)N[C@@H](CCCCN)C(=O)N[C@@H](CCCCN)C(=O)N[C@@H](Cc1ccc(O)cc1)C(N)=O. The van der Waals surface area contributed by atoms with Crippen LogP contribution in [0, 0.1) is 0 Å². The molecule has 0 aliphatic carbocycles. The maximum absolute atomic E-state index is 15.4. The lowest BCUT2D eigenvalue weighted by Gasteiger charge is -2.28. The molecule has 5 aromatic carbocycles. The molecule has 43 heteroatoms. The number of aromatic amines is 1. The summed E-state index contributed by atoms with van der Waals surface area (Å²) < 4.78 is 0. The minimum atomic E-state index is -1.72. The standard InChI is InChI=1S/C89H131B2N21O20/c92-42-8-1-17-68(104-87(126)74(50-56-24-38-64(114)39-25-56)110-80(119)66(96)15-5-12-46-100-78(117)58-28-32-60(33-29-58)90(129)130)82(121)102-48-14-7-21-72(106-83(122)69(18-2-9-43-93)107-88(127)75(51-57-26-40-65(115)41-27-57)111-81(120)67(97)16-6-13-47-101-79(118)59-30-34-61(35-31-59)91(131)132)86(125)112-76(52-62-53-99-54-103-62)89(128)108-70(19-3-10-44-94)84(123)105-71(20-4-11-45-95)85(124)109-73(77(98)116)49-55-22-36-63(113)37-23-55/h22-41,53-54,66-76,113-115,129-132H,1-21,42-52,92-97H2,(H2,98,116)(H,99,103)(H,100,117)(H,101,118)(H,102,121)(H,104,126)(H,105,123)(H,106,122)(H,107,127)(H,108,128)(H,109,124)(H,110,119)(H,111,120)(H,112,125)/t66-,67-,68-,69-,70-,71-,72-,73-,74-,75-,76-/m0/s1. The van der Waals surface area contributed by atoms with Crippen molar-refractivity contribution in [2.45, 2.75) is 227 Å². The number of carbonyl (C=O) groups excluding carboxylic acids is 13. The summed E-state index contributed by atoms with van der Waals surface area (Å²) in [5.74, 6) is -10.2. The minimum absolute atomic E-state index is 0.0191. The number of imidazole rings is 1. The molecule has 0 aliphatic heterocycles. The summed E-state index contributed by atoms with van der Waals surface area (Å²) in [5, 5.41) is 101. The fourth-order valence-corrected chi connectivity index (χ4v) is 14.1. The highest BCUT2D eigenvalue weighted by molar-refractivity contribution is 6.59. The number of phenolic OH excluding ortho intramolecular Hbond substituents is 3. The molecule has 6 aromatic rings. The highest BCUT2D eigenvalue weighted by atomic mass is 16.4. The molecule has 6 rings (SSSR count). The van der Waals surface area contributed by atoms with Crippen LogP contribution >= 0.6 is 0 Å². The molecule has 34 N–H and O–H groups in total. The lowest BCUT2D eigenvalue weighted by molar-refractivity contribution is -0.136. The molecule has 0 radical (unpaired) electrons. The second-order valence-electron chi connectivity index (χ2n) is 32.5. The molecule has 0 saturated carbocycles. The van der Waals surface area contributed by atoms with E-state index in [0.717, 1.165) is 0 Å². The van der Waals surface area contributed by atoms with Crippen molar-refractivity contribution in [2.24, 2.45) is 40.1 Å². The van der Waals surface area contributed by atoms with Crippen LogP contribution in [0.3, 0.4) is 0 Å². The van der Waals surface area contributed by atoms with Gasteiger partial charge in [-0.2, -0.15) is 0 Å². The van der Waals surface area contributed by atoms with Gasteiger partial charge < -0.3 is 144 Å². The van der Waals surface area contributed by atoms with E-state index in [2.05, 4.69) is 73.8 Å². The molecule has 1 heterocycles. The van der Waals surface area contributed by atoms with E-state index in [9.17, 15) is 83.4 Å². The Bertz CT molecular complexity index is 4590. The second-order valence-corrected chi connectivity index (χ2v) is 32.5. The number of hydrogen-bond donors (Lipinski definition) is 27. The molecule has 0 bridgehead atoms. The van der Waals surface area contributed by atoms with E-state index in [-0.39, 0.29) is 181 Å². The maximum Gasteiger partial charge on any atom is 0.488 e. The van der Waals surface area contributed by atoms with Gasteiger partial charge in [0.15, 0.2) is 0 Å². The van der Waals surface area contributed by atoms with Crippen LogP contribution in [0.5, 0.6) is 17.2 Å². The fraction of sp³-hybridized carbons (Fsp3) is 0.483. The number of aromatic nitrogens is 2. The molecule has 41 nitrogen and oxygen atoms in total. The van der Waals surface area contributed by atoms with Crippen molar-refractivity contribution in [3.63, 3.8) is 0 Å². The molecule has 1 aromatic heterocycles. The molecule has 0 spiro atoms. The zero-order chi connectivity index (χ0) is 96.4. The first-order valence-electron chi connectivity index (χ1n) is 44.7. The van der Waals surface area contributed by atoms with Crippen LogP contribution in [0.2, 0.25) is 0 Å². The number of benzene rings is 5.